The topological polar surface area (TPSA) is 66.8 Å². The number of amidine groups is 1. The summed E-state index contributed by atoms with van der Waals surface area (Å²) in [5.41, 5.74) is 0.682. The van der Waals surface area contributed by atoms with E-state index in [1.54, 1.807) is 24.2 Å². The molecule has 6 nitrogen and oxygen atoms in total. The van der Waals surface area contributed by atoms with E-state index in [-0.39, 0.29) is 10.8 Å². The summed E-state index contributed by atoms with van der Waals surface area (Å²) >= 11 is 1.77. The molecule has 1 amide bonds. The van der Waals surface area contributed by atoms with Crippen LogP contribution >= 0.6 is 11.8 Å². The SMILES string of the molecule is CC1(CC2CCN(C(=O)c3cccnc3)CC2)OCN=C(N[C@H]2C[C@@H]3CC[C@H]2C3)S1. The van der Waals surface area contributed by atoms with Crippen molar-refractivity contribution < 1.29 is 9.53 Å². The van der Waals surface area contributed by atoms with Gasteiger partial charge in [-0.3, -0.25) is 9.78 Å². The first-order valence-corrected chi connectivity index (χ1v) is 12.2. The highest BCUT2D eigenvalue weighted by molar-refractivity contribution is 8.14. The van der Waals surface area contributed by atoms with Crippen LogP contribution in [0.1, 0.15) is 62.2 Å². The molecule has 2 bridgehead atoms. The maximum atomic E-state index is 12.7. The van der Waals surface area contributed by atoms with Crippen LogP contribution in [0.4, 0.5) is 0 Å². The molecule has 0 radical (unpaired) electrons. The number of piperidine rings is 1. The predicted octanol–water partition coefficient (Wildman–Crippen LogP) is 3.90. The third-order valence-electron chi connectivity index (χ3n) is 7.41. The number of aliphatic imine (C=N–C) groups is 1. The molecule has 3 fully saturated rings. The Morgan fingerprint density at radius 3 is 2.87 bits per heavy atom. The van der Waals surface area contributed by atoms with Gasteiger partial charge in [-0.1, -0.05) is 18.2 Å². The number of nitrogens with one attached hydrogen (secondary N) is 1. The smallest absolute Gasteiger partial charge is 0.255 e. The van der Waals surface area contributed by atoms with E-state index in [0.29, 0.717) is 24.3 Å². The number of hydrogen-bond acceptors (Lipinski definition) is 6. The van der Waals surface area contributed by atoms with Gasteiger partial charge < -0.3 is 15.0 Å². The summed E-state index contributed by atoms with van der Waals surface area (Å²) in [6.07, 6.45) is 11.9. The number of rotatable bonds is 4. The fraction of sp³-hybridized carbons (Fsp3) is 0.696. The first kappa shape index (κ1) is 20.3. The number of pyridine rings is 1. The molecule has 1 saturated heterocycles. The minimum atomic E-state index is -0.234. The largest absolute Gasteiger partial charge is 0.362 e. The Balaban J connectivity index is 1.12. The number of fused-ring (bicyclic) bond motifs is 2. The van der Waals surface area contributed by atoms with Gasteiger partial charge in [0.2, 0.25) is 0 Å². The van der Waals surface area contributed by atoms with Gasteiger partial charge in [0.15, 0.2) is 5.17 Å². The summed E-state index contributed by atoms with van der Waals surface area (Å²) in [5.74, 6) is 2.45. The molecule has 1 N–H and O–H groups in total. The first-order valence-electron chi connectivity index (χ1n) is 11.4. The molecule has 1 aromatic rings. The third kappa shape index (κ3) is 4.37. The van der Waals surface area contributed by atoms with Crippen LogP contribution in [0, 0.1) is 17.8 Å². The molecule has 2 aliphatic heterocycles. The number of hydrogen-bond donors (Lipinski definition) is 1. The zero-order valence-corrected chi connectivity index (χ0v) is 18.6. The highest BCUT2D eigenvalue weighted by Gasteiger charge is 2.42. The Hall–Kier alpha value is -1.60. The quantitative estimate of drug-likeness (QED) is 0.788. The van der Waals surface area contributed by atoms with Crippen molar-refractivity contribution in [1.29, 1.82) is 0 Å². The summed E-state index contributed by atoms with van der Waals surface area (Å²) in [6, 6.07) is 4.28. The monoisotopic (exact) mass is 428 g/mol. The fourth-order valence-corrected chi connectivity index (χ4v) is 6.95. The van der Waals surface area contributed by atoms with Crippen LogP contribution < -0.4 is 5.32 Å². The number of nitrogens with zero attached hydrogens (tertiary/aromatic N) is 3. The molecule has 2 aliphatic carbocycles. The Kier molecular flexibility index (Phi) is 5.75. The minimum absolute atomic E-state index is 0.0977. The van der Waals surface area contributed by atoms with Gasteiger partial charge in [0, 0.05) is 31.5 Å². The van der Waals surface area contributed by atoms with Gasteiger partial charge in [-0.05, 0) is 75.3 Å². The minimum Gasteiger partial charge on any atom is -0.362 e. The molecule has 5 rings (SSSR count). The lowest BCUT2D eigenvalue weighted by Crippen LogP contribution is -2.44. The second-order valence-corrected chi connectivity index (χ2v) is 11.0. The summed E-state index contributed by atoms with van der Waals surface area (Å²) in [4.78, 5) is 23.1. The van der Waals surface area contributed by atoms with E-state index < -0.39 is 0 Å². The van der Waals surface area contributed by atoms with Crippen LogP contribution in [0.25, 0.3) is 0 Å². The number of aromatic nitrogens is 1. The zero-order valence-electron chi connectivity index (χ0n) is 17.8. The normalized spacial score (nSPS) is 34.1. The van der Waals surface area contributed by atoms with Crippen molar-refractivity contribution in [3.8, 4) is 0 Å². The molecule has 0 aromatic carbocycles. The number of carbonyl (C=O) groups excluding carboxylic acids is 1. The molecular formula is C23H32N4O2S. The van der Waals surface area contributed by atoms with E-state index in [1.807, 2.05) is 17.0 Å². The van der Waals surface area contributed by atoms with Gasteiger partial charge >= 0.3 is 0 Å². The molecule has 162 valence electrons. The van der Waals surface area contributed by atoms with Crippen LogP contribution in [0.15, 0.2) is 29.5 Å². The molecule has 1 unspecified atom stereocenters. The van der Waals surface area contributed by atoms with Crippen molar-refractivity contribution in [2.24, 2.45) is 22.7 Å². The van der Waals surface area contributed by atoms with Crippen molar-refractivity contribution in [3.05, 3.63) is 30.1 Å². The second kappa shape index (κ2) is 8.50. The van der Waals surface area contributed by atoms with E-state index >= 15 is 0 Å². The lowest BCUT2D eigenvalue weighted by Gasteiger charge is -2.39. The number of likely N-dealkylation sites (tertiary alicyclic amines) is 1. The van der Waals surface area contributed by atoms with Crippen LogP contribution in [0.5, 0.6) is 0 Å². The maximum absolute atomic E-state index is 12.7. The standard InChI is InChI=1S/C23H32N4O2S/c1-23(29-15-25-22(30-23)26-20-12-17-4-5-18(20)11-17)13-16-6-9-27(10-7-16)21(28)19-3-2-8-24-14-19/h2-3,8,14,16-18,20H,4-7,9-13,15H2,1H3,(H,25,26)/t17-,18+,20+,23?/m1/s1. The highest BCUT2D eigenvalue weighted by atomic mass is 32.2. The summed E-state index contributed by atoms with van der Waals surface area (Å²) in [7, 11) is 0. The summed E-state index contributed by atoms with van der Waals surface area (Å²) in [5, 5.41) is 4.83. The summed E-state index contributed by atoms with van der Waals surface area (Å²) < 4.78 is 6.12. The van der Waals surface area contributed by atoms with Gasteiger partial charge in [-0.2, -0.15) is 0 Å². The van der Waals surface area contributed by atoms with Crippen molar-refractivity contribution in [3.63, 3.8) is 0 Å². The molecule has 2 saturated carbocycles. The van der Waals surface area contributed by atoms with Crippen LogP contribution in [-0.2, 0) is 4.74 Å². The molecule has 4 aliphatic rings. The predicted molar refractivity (Wildman–Crippen MR) is 119 cm³/mol. The number of amides is 1. The average Bonchev–Trinajstić information content (AvgIpc) is 3.37. The van der Waals surface area contributed by atoms with Gasteiger partial charge in [0.25, 0.3) is 5.91 Å². The van der Waals surface area contributed by atoms with Crippen molar-refractivity contribution in [1.82, 2.24) is 15.2 Å². The van der Waals surface area contributed by atoms with E-state index in [2.05, 4.69) is 22.2 Å². The molecular weight excluding hydrogens is 396 g/mol. The van der Waals surface area contributed by atoms with Gasteiger partial charge in [0.05, 0.1) is 5.56 Å². The van der Waals surface area contributed by atoms with Crippen LogP contribution in [-0.4, -0.2) is 51.8 Å². The van der Waals surface area contributed by atoms with Gasteiger partial charge in [-0.25, -0.2) is 4.99 Å². The second-order valence-electron chi connectivity index (χ2n) is 9.58. The Morgan fingerprint density at radius 2 is 2.17 bits per heavy atom. The van der Waals surface area contributed by atoms with E-state index in [4.69, 9.17) is 4.74 Å². The van der Waals surface area contributed by atoms with Crippen molar-refractivity contribution >= 4 is 22.8 Å². The Morgan fingerprint density at radius 1 is 1.30 bits per heavy atom. The number of carbonyl (C=O) groups is 1. The van der Waals surface area contributed by atoms with Gasteiger partial charge in [-0.15, -0.1) is 0 Å². The zero-order chi connectivity index (χ0) is 20.6. The fourth-order valence-electron chi connectivity index (χ4n) is 5.79. The summed E-state index contributed by atoms with van der Waals surface area (Å²) in [6.45, 7) is 4.28. The van der Waals surface area contributed by atoms with E-state index in [1.165, 1.54) is 25.7 Å². The number of ether oxygens (including phenoxy) is 1. The molecule has 0 spiro atoms. The Bertz CT molecular complexity index is 796. The lowest BCUT2D eigenvalue weighted by atomic mass is 9.91. The lowest BCUT2D eigenvalue weighted by molar-refractivity contribution is 0.0160. The molecule has 1 aromatic heterocycles. The molecule has 30 heavy (non-hydrogen) atoms. The van der Waals surface area contributed by atoms with E-state index in [0.717, 1.165) is 49.4 Å². The Labute approximate surface area is 183 Å². The third-order valence-corrected chi connectivity index (χ3v) is 8.56. The molecule has 3 heterocycles. The average molecular weight is 429 g/mol. The highest BCUT2D eigenvalue weighted by Crippen LogP contribution is 2.45. The van der Waals surface area contributed by atoms with Crippen molar-refractivity contribution in [2.45, 2.75) is 62.8 Å². The van der Waals surface area contributed by atoms with E-state index in [9.17, 15) is 4.79 Å². The van der Waals surface area contributed by atoms with Crippen LogP contribution in [0.3, 0.4) is 0 Å². The first-order chi connectivity index (χ1) is 14.6. The van der Waals surface area contributed by atoms with Crippen LogP contribution in [0.2, 0.25) is 0 Å². The van der Waals surface area contributed by atoms with Gasteiger partial charge in [0.1, 0.15) is 11.7 Å². The maximum Gasteiger partial charge on any atom is 0.255 e. The molecule has 4 atom stereocenters. The van der Waals surface area contributed by atoms with Crippen molar-refractivity contribution in [2.75, 3.05) is 19.8 Å². The molecule has 7 heteroatoms. The number of thioether (sulfide) groups is 1.